The van der Waals surface area contributed by atoms with Crippen molar-refractivity contribution >= 4 is 23.2 Å². The van der Waals surface area contributed by atoms with Gasteiger partial charge >= 0.3 is 0 Å². The van der Waals surface area contributed by atoms with Crippen LogP contribution in [0, 0.1) is 0 Å². The number of methoxy groups -OCH3 is 2. The van der Waals surface area contributed by atoms with Crippen LogP contribution in [0.4, 0.5) is 5.69 Å². The molecule has 0 aliphatic rings. The highest BCUT2D eigenvalue weighted by Crippen LogP contribution is 2.32. The predicted molar refractivity (Wildman–Crippen MR) is 116 cm³/mol. The SMILES string of the molecule is COc1ccc(-c2noc(-c3cccn3CC(=O)Nc3ccccc3Cl)n2)cc1OC. The second-order valence-electron chi connectivity index (χ2n) is 6.54. The van der Waals surface area contributed by atoms with E-state index in [9.17, 15) is 4.79 Å². The molecule has 0 aliphatic carbocycles. The number of para-hydroxylation sites is 1. The van der Waals surface area contributed by atoms with Gasteiger partial charge in [0.15, 0.2) is 11.5 Å². The lowest BCUT2D eigenvalue weighted by Gasteiger charge is -2.09. The van der Waals surface area contributed by atoms with Crippen LogP contribution in [0.2, 0.25) is 5.02 Å². The monoisotopic (exact) mass is 438 g/mol. The van der Waals surface area contributed by atoms with E-state index in [1.165, 1.54) is 0 Å². The van der Waals surface area contributed by atoms with E-state index < -0.39 is 0 Å². The van der Waals surface area contributed by atoms with Crippen LogP contribution in [0.5, 0.6) is 11.5 Å². The van der Waals surface area contributed by atoms with Gasteiger partial charge < -0.3 is 23.9 Å². The third-order valence-corrected chi connectivity index (χ3v) is 4.91. The Hall–Kier alpha value is -3.78. The first-order chi connectivity index (χ1) is 15.1. The Morgan fingerprint density at radius 1 is 1.10 bits per heavy atom. The number of anilines is 1. The Bertz CT molecular complexity index is 1220. The first kappa shape index (κ1) is 20.5. The van der Waals surface area contributed by atoms with E-state index in [1.807, 2.05) is 6.07 Å². The molecule has 0 bridgehead atoms. The maximum Gasteiger partial charge on any atom is 0.274 e. The molecule has 1 amide bonds. The Morgan fingerprint density at radius 3 is 2.68 bits per heavy atom. The number of amides is 1. The summed E-state index contributed by atoms with van der Waals surface area (Å²) in [5.74, 6) is 1.62. The molecule has 4 aromatic rings. The van der Waals surface area contributed by atoms with Gasteiger partial charge in [0.25, 0.3) is 5.89 Å². The molecule has 158 valence electrons. The van der Waals surface area contributed by atoms with Gasteiger partial charge in [0.05, 0.1) is 24.9 Å². The van der Waals surface area contributed by atoms with Gasteiger partial charge in [0.1, 0.15) is 12.2 Å². The molecule has 2 aromatic carbocycles. The molecule has 2 heterocycles. The summed E-state index contributed by atoms with van der Waals surface area (Å²) in [6, 6.07) is 16.0. The Kier molecular flexibility index (Phi) is 5.90. The molecule has 8 nitrogen and oxygen atoms in total. The van der Waals surface area contributed by atoms with Crippen molar-refractivity contribution in [3.63, 3.8) is 0 Å². The number of rotatable bonds is 7. The maximum absolute atomic E-state index is 12.5. The van der Waals surface area contributed by atoms with Crippen molar-refractivity contribution in [2.75, 3.05) is 19.5 Å². The molecule has 4 rings (SSSR count). The fourth-order valence-electron chi connectivity index (χ4n) is 3.07. The first-order valence-corrected chi connectivity index (χ1v) is 9.73. The molecule has 31 heavy (non-hydrogen) atoms. The third kappa shape index (κ3) is 4.39. The zero-order chi connectivity index (χ0) is 21.8. The number of aromatic nitrogens is 3. The number of hydrogen-bond acceptors (Lipinski definition) is 6. The summed E-state index contributed by atoms with van der Waals surface area (Å²) in [5.41, 5.74) is 1.88. The minimum absolute atomic E-state index is 0.0572. The quantitative estimate of drug-likeness (QED) is 0.456. The normalized spacial score (nSPS) is 10.7. The summed E-state index contributed by atoms with van der Waals surface area (Å²) in [6.07, 6.45) is 1.77. The molecule has 0 spiro atoms. The van der Waals surface area contributed by atoms with E-state index in [0.29, 0.717) is 45.2 Å². The molecule has 1 N–H and O–H groups in total. The number of nitrogens with one attached hydrogen (secondary N) is 1. The van der Waals surface area contributed by atoms with Crippen LogP contribution in [-0.2, 0) is 11.3 Å². The van der Waals surface area contributed by atoms with Crippen LogP contribution in [-0.4, -0.2) is 34.8 Å². The van der Waals surface area contributed by atoms with Crippen LogP contribution in [0.15, 0.2) is 65.3 Å². The summed E-state index contributed by atoms with van der Waals surface area (Å²) >= 11 is 6.11. The standard InChI is InChI=1S/C22H19ClN4O4/c1-29-18-10-9-14(12-19(18)30-2)21-25-22(31-26-21)17-8-5-11-27(17)13-20(28)24-16-7-4-3-6-15(16)23/h3-12H,13H2,1-2H3,(H,24,28). The number of ether oxygens (including phenoxy) is 2. The predicted octanol–water partition coefficient (Wildman–Crippen LogP) is 4.51. The molecule has 0 atom stereocenters. The molecule has 9 heteroatoms. The lowest BCUT2D eigenvalue weighted by Crippen LogP contribution is -2.19. The van der Waals surface area contributed by atoms with Crippen LogP contribution in [0.25, 0.3) is 23.0 Å². The molecular weight excluding hydrogens is 420 g/mol. The van der Waals surface area contributed by atoms with Crippen molar-refractivity contribution in [2.24, 2.45) is 0 Å². The van der Waals surface area contributed by atoms with Gasteiger partial charge in [-0.2, -0.15) is 4.98 Å². The van der Waals surface area contributed by atoms with Gasteiger partial charge in [-0.25, -0.2) is 0 Å². The highest BCUT2D eigenvalue weighted by Gasteiger charge is 2.17. The van der Waals surface area contributed by atoms with Gasteiger partial charge in [-0.15, -0.1) is 0 Å². The topological polar surface area (TPSA) is 91.4 Å². The lowest BCUT2D eigenvalue weighted by molar-refractivity contribution is -0.116. The fraction of sp³-hybridized carbons (Fsp3) is 0.136. The third-order valence-electron chi connectivity index (χ3n) is 4.58. The highest BCUT2D eigenvalue weighted by atomic mass is 35.5. The van der Waals surface area contributed by atoms with Crippen LogP contribution < -0.4 is 14.8 Å². The number of hydrogen-bond donors (Lipinski definition) is 1. The summed E-state index contributed by atoms with van der Waals surface area (Å²) in [4.78, 5) is 17.0. The van der Waals surface area contributed by atoms with Crippen LogP contribution in [0.1, 0.15) is 0 Å². The minimum Gasteiger partial charge on any atom is -0.493 e. The maximum atomic E-state index is 12.5. The van der Waals surface area contributed by atoms with Gasteiger partial charge in [0.2, 0.25) is 11.7 Å². The Labute approximate surface area is 183 Å². The number of carbonyl (C=O) groups is 1. The number of nitrogens with zero attached hydrogens (tertiary/aromatic N) is 3. The molecular formula is C22H19ClN4O4. The van der Waals surface area contributed by atoms with Gasteiger partial charge in [-0.1, -0.05) is 28.9 Å². The second-order valence-corrected chi connectivity index (χ2v) is 6.95. The van der Waals surface area contributed by atoms with E-state index in [2.05, 4.69) is 15.5 Å². The molecule has 0 saturated heterocycles. The molecule has 0 aliphatic heterocycles. The average Bonchev–Trinajstić information content (AvgIpc) is 3.44. The van der Waals surface area contributed by atoms with E-state index >= 15 is 0 Å². The molecule has 0 fully saturated rings. The Morgan fingerprint density at radius 2 is 1.90 bits per heavy atom. The van der Waals surface area contributed by atoms with E-state index in [0.717, 1.165) is 0 Å². The molecule has 0 unspecified atom stereocenters. The summed E-state index contributed by atoms with van der Waals surface area (Å²) in [6.45, 7) is 0.0572. The van der Waals surface area contributed by atoms with Crippen molar-refractivity contribution in [1.82, 2.24) is 14.7 Å². The number of benzene rings is 2. The Balaban J connectivity index is 1.54. The van der Waals surface area contributed by atoms with Crippen LogP contribution >= 0.6 is 11.6 Å². The summed E-state index contributed by atoms with van der Waals surface area (Å²) in [7, 11) is 3.13. The van der Waals surface area contributed by atoms with Gasteiger partial charge in [0, 0.05) is 11.8 Å². The van der Waals surface area contributed by atoms with Gasteiger partial charge in [-0.05, 0) is 42.5 Å². The van der Waals surface area contributed by atoms with Crippen molar-refractivity contribution in [2.45, 2.75) is 6.54 Å². The van der Waals surface area contributed by atoms with E-state index in [1.54, 1.807) is 73.5 Å². The number of carbonyl (C=O) groups excluding carboxylic acids is 1. The minimum atomic E-state index is -0.231. The highest BCUT2D eigenvalue weighted by molar-refractivity contribution is 6.33. The van der Waals surface area contributed by atoms with E-state index in [4.69, 9.17) is 25.6 Å². The zero-order valence-electron chi connectivity index (χ0n) is 16.8. The van der Waals surface area contributed by atoms with E-state index in [-0.39, 0.29) is 12.5 Å². The van der Waals surface area contributed by atoms with Crippen molar-refractivity contribution in [3.05, 3.63) is 65.8 Å². The largest absolute Gasteiger partial charge is 0.493 e. The molecule has 0 saturated carbocycles. The zero-order valence-corrected chi connectivity index (χ0v) is 17.6. The first-order valence-electron chi connectivity index (χ1n) is 9.35. The number of halogens is 1. The second kappa shape index (κ2) is 8.93. The van der Waals surface area contributed by atoms with Crippen molar-refractivity contribution < 1.29 is 18.8 Å². The molecule has 0 radical (unpaired) electrons. The average molecular weight is 439 g/mol. The fourth-order valence-corrected chi connectivity index (χ4v) is 3.26. The van der Waals surface area contributed by atoms with Crippen LogP contribution in [0.3, 0.4) is 0 Å². The summed E-state index contributed by atoms with van der Waals surface area (Å²) < 4.78 is 17.8. The van der Waals surface area contributed by atoms with Crippen molar-refractivity contribution in [3.8, 4) is 34.5 Å². The lowest BCUT2D eigenvalue weighted by atomic mass is 10.2. The summed E-state index contributed by atoms with van der Waals surface area (Å²) in [5, 5.41) is 7.33. The smallest absolute Gasteiger partial charge is 0.274 e. The van der Waals surface area contributed by atoms with Gasteiger partial charge in [-0.3, -0.25) is 4.79 Å². The molecule has 2 aromatic heterocycles. The van der Waals surface area contributed by atoms with Crippen molar-refractivity contribution in [1.29, 1.82) is 0 Å².